The Balaban J connectivity index is 1.57. The average molecular weight is 337 g/mol. The SMILES string of the molecule is CC(O)CN1CCC(CNCC(=O)NCc2ccccc2F)CC1. The lowest BCUT2D eigenvalue weighted by atomic mass is 9.96. The van der Waals surface area contributed by atoms with E-state index in [0.717, 1.165) is 39.0 Å². The number of nitrogens with one attached hydrogen (secondary N) is 2. The minimum atomic E-state index is -0.297. The number of nitrogens with zero attached hydrogens (tertiary/aromatic N) is 1. The predicted molar refractivity (Wildman–Crippen MR) is 92.0 cm³/mol. The minimum absolute atomic E-state index is 0.121. The number of hydrogen-bond acceptors (Lipinski definition) is 4. The molecular weight excluding hydrogens is 309 g/mol. The number of β-amino-alcohol motifs (C(OH)–C–C–N with tert-alkyl or cyclic N) is 1. The Morgan fingerprint density at radius 3 is 2.75 bits per heavy atom. The lowest BCUT2D eigenvalue weighted by Crippen LogP contribution is -2.41. The highest BCUT2D eigenvalue weighted by Gasteiger charge is 2.19. The molecule has 1 unspecified atom stereocenters. The van der Waals surface area contributed by atoms with Crippen molar-refractivity contribution in [3.63, 3.8) is 0 Å². The zero-order valence-corrected chi connectivity index (χ0v) is 14.3. The van der Waals surface area contributed by atoms with E-state index in [2.05, 4.69) is 15.5 Å². The van der Waals surface area contributed by atoms with Crippen molar-refractivity contribution in [3.05, 3.63) is 35.6 Å². The van der Waals surface area contributed by atoms with Crippen molar-refractivity contribution in [2.75, 3.05) is 32.7 Å². The average Bonchev–Trinajstić information content (AvgIpc) is 2.55. The van der Waals surface area contributed by atoms with Crippen molar-refractivity contribution in [3.8, 4) is 0 Å². The molecule has 0 aromatic heterocycles. The summed E-state index contributed by atoms with van der Waals surface area (Å²) in [6.07, 6.45) is 1.88. The molecule has 0 radical (unpaired) electrons. The topological polar surface area (TPSA) is 64.6 Å². The summed E-state index contributed by atoms with van der Waals surface area (Å²) in [5, 5.41) is 15.3. The van der Waals surface area contributed by atoms with E-state index in [1.54, 1.807) is 18.2 Å². The van der Waals surface area contributed by atoms with Crippen molar-refractivity contribution in [1.29, 1.82) is 0 Å². The molecule has 1 atom stereocenters. The van der Waals surface area contributed by atoms with E-state index in [1.165, 1.54) is 6.07 Å². The summed E-state index contributed by atoms with van der Waals surface area (Å²) >= 11 is 0. The van der Waals surface area contributed by atoms with Crippen molar-refractivity contribution in [1.82, 2.24) is 15.5 Å². The second-order valence-electron chi connectivity index (χ2n) is 6.59. The number of halogens is 1. The number of likely N-dealkylation sites (tertiary alicyclic amines) is 1. The van der Waals surface area contributed by atoms with Crippen LogP contribution >= 0.6 is 0 Å². The number of hydrogen-bond donors (Lipinski definition) is 3. The van der Waals surface area contributed by atoms with Crippen LogP contribution in [-0.2, 0) is 11.3 Å². The van der Waals surface area contributed by atoms with Gasteiger partial charge in [0, 0.05) is 18.7 Å². The lowest BCUT2D eigenvalue weighted by Gasteiger charge is -2.32. The molecule has 1 aromatic carbocycles. The van der Waals surface area contributed by atoms with Gasteiger partial charge in [0.05, 0.1) is 12.6 Å². The zero-order chi connectivity index (χ0) is 17.4. The number of aliphatic hydroxyl groups is 1. The molecule has 6 heteroatoms. The molecule has 0 bridgehead atoms. The number of rotatable bonds is 8. The smallest absolute Gasteiger partial charge is 0.234 e. The fraction of sp³-hybridized carbons (Fsp3) is 0.611. The van der Waals surface area contributed by atoms with Gasteiger partial charge in [-0.05, 0) is 51.4 Å². The molecule has 1 aliphatic rings. The minimum Gasteiger partial charge on any atom is -0.392 e. The highest BCUT2D eigenvalue weighted by molar-refractivity contribution is 5.77. The maximum absolute atomic E-state index is 13.5. The third-order valence-corrected chi connectivity index (χ3v) is 4.38. The summed E-state index contributed by atoms with van der Waals surface area (Å²) in [6.45, 7) is 5.82. The van der Waals surface area contributed by atoms with Crippen LogP contribution in [0.3, 0.4) is 0 Å². The quantitative estimate of drug-likeness (QED) is 0.665. The Bertz CT molecular complexity index is 517. The van der Waals surface area contributed by atoms with Crippen LogP contribution in [0, 0.1) is 11.7 Å². The second kappa shape index (κ2) is 9.71. The summed E-state index contributed by atoms with van der Waals surface area (Å²) < 4.78 is 13.5. The Labute approximate surface area is 143 Å². The number of aliphatic hydroxyl groups excluding tert-OH is 1. The van der Waals surface area contributed by atoms with Crippen LogP contribution in [0.2, 0.25) is 0 Å². The van der Waals surface area contributed by atoms with E-state index in [4.69, 9.17) is 0 Å². The highest BCUT2D eigenvalue weighted by atomic mass is 19.1. The third kappa shape index (κ3) is 6.55. The van der Waals surface area contributed by atoms with Crippen molar-refractivity contribution >= 4 is 5.91 Å². The molecule has 1 fully saturated rings. The number of carbonyl (C=O) groups excluding carboxylic acids is 1. The molecule has 134 valence electrons. The number of carbonyl (C=O) groups is 1. The summed E-state index contributed by atoms with van der Waals surface area (Å²) in [5.74, 6) is 0.147. The van der Waals surface area contributed by atoms with Crippen molar-refractivity contribution in [2.24, 2.45) is 5.92 Å². The molecule has 3 N–H and O–H groups in total. The molecule has 24 heavy (non-hydrogen) atoms. The van der Waals surface area contributed by atoms with Gasteiger partial charge >= 0.3 is 0 Å². The maximum atomic E-state index is 13.5. The molecule has 1 heterocycles. The van der Waals surface area contributed by atoms with Gasteiger partial charge in [-0.1, -0.05) is 18.2 Å². The Hall–Kier alpha value is -1.50. The molecule has 1 aromatic rings. The first kappa shape index (κ1) is 18.8. The normalized spacial score (nSPS) is 17.6. The van der Waals surface area contributed by atoms with Crippen LogP contribution in [0.15, 0.2) is 24.3 Å². The van der Waals surface area contributed by atoms with Crippen LogP contribution in [0.5, 0.6) is 0 Å². The van der Waals surface area contributed by atoms with E-state index < -0.39 is 0 Å². The standard InChI is InChI=1S/C18H28FN3O2/c1-14(23)13-22-8-6-15(7-9-22)10-20-12-18(24)21-11-16-4-2-3-5-17(16)19/h2-5,14-15,20,23H,6-13H2,1H3,(H,21,24). The first-order valence-corrected chi connectivity index (χ1v) is 8.66. The first-order chi connectivity index (χ1) is 11.5. The molecule has 0 aliphatic carbocycles. The molecule has 0 spiro atoms. The van der Waals surface area contributed by atoms with Gasteiger partial charge in [-0.3, -0.25) is 4.79 Å². The van der Waals surface area contributed by atoms with Gasteiger partial charge in [0.15, 0.2) is 0 Å². The van der Waals surface area contributed by atoms with Gasteiger partial charge in [-0.15, -0.1) is 0 Å². The summed E-state index contributed by atoms with van der Waals surface area (Å²) in [7, 11) is 0. The van der Waals surface area contributed by atoms with Gasteiger partial charge in [0.25, 0.3) is 0 Å². The highest BCUT2D eigenvalue weighted by Crippen LogP contribution is 2.16. The molecule has 5 nitrogen and oxygen atoms in total. The number of amides is 1. The maximum Gasteiger partial charge on any atom is 0.234 e. The van der Waals surface area contributed by atoms with Gasteiger partial charge in [-0.25, -0.2) is 4.39 Å². The molecule has 1 aliphatic heterocycles. The number of benzene rings is 1. The fourth-order valence-corrected chi connectivity index (χ4v) is 3.03. The summed E-state index contributed by atoms with van der Waals surface area (Å²) in [4.78, 5) is 14.1. The predicted octanol–water partition coefficient (Wildman–Crippen LogP) is 1.12. The summed E-state index contributed by atoms with van der Waals surface area (Å²) in [6, 6.07) is 6.45. The zero-order valence-electron chi connectivity index (χ0n) is 14.3. The Morgan fingerprint density at radius 1 is 1.38 bits per heavy atom. The number of piperidine rings is 1. The van der Waals surface area contributed by atoms with Crippen molar-refractivity contribution in [2.45, 2.75) is 32.4 Å². The lowest BCUT2D eigenvalue weighted by molar-refractivity contribution is -0.120. The van der Waals surface area contributed by atoms with E-state index in [1.807, 2.05) is 6.92 Å². The van der Waals surface area contributed by atoms with Crippen LogP contribution in [0.4, 0.5) is 4.39 Å². The molecule has 2 rings (SSSR count). The van der Waals surface area contributed by atoms with Gasteiger partial charge in [0.2, 0.25) is 5.91 Å². The van der Waals surface area contributed by atoms with Crippen LogP contribution < -0.4 is 10.6 Å². The molecule has 1 amide bonds. The Morgan fingerprint density at radius 2 is 2.08 bits per heavy atom. The summed E-state index contributed by atoms with van der Waals surface area (Å²) in [5.41, 5.74) is 0.497. The van der Waals surface area contributed by atoms with Crippen LogP contribution in [-0.4, -0.2) is 54.7 Å². The molecule has 1 saturated heterocycles. The van der Waals surface area contributed by atoms with Crippen LogP contribution in [0.1, 0.15) is 25.3 Å². The second-order valence-corrected chi connectivity index (χ2v) is 6.59. The van der Waals surface area contributed by atoms with Crippen LogP contribution in [0.25, 0.3) is 0 Å². The van der Waals surface area contributed by atoms with Gasteiger partial charge in [0.1, 0.15) is 5.82 Å². The molecule has 0 saturated carbocycles. The van der Waals surface area contributed by atoms with E-state index in [0.29, 0.717) is 11.5 Å². The van der Waals surface area contributed by atoms with E-state index in [-0.39, 0.29) is 30.9 Å². The fourth-order valence-electron chi connectivity index (χ4n) is 3.03. The largest absolute Gasteiger partial charge is 0.392 e. The van der Waals surface area contributed by atoms with Gasteiger partial charge in [-0.2, -0.15) is 0 Å². The monoisotopic (exact) mass is 337 g/mol. The van der Waals surface area contributed by atoms with Crippen molar-refractivity contribution < 1.29 is 14.3 Å². The van der Waals surface area contributed by atoms with Gasteiger partial charge < -0.3 is 20.6 Å². The Kier molecular flexibility index (Phi) is 7.62. The van der Waals surface area contributed by atoms with E-state index in [9.17, 15) is 14.3 Å². The molecular formula is C18H28FN3O2. The third-order valence-electron chi connectivity index (χ3n) is 4.38. The first-order valence-electron chi connectivity index (χ1n) is 8.66. The van der Waals surface area contributed by atoms with E-state index >= 15 is 0 Å².